The number of carbonyl (C=O) groups excluding carboxylic acids is 1. The van der Waals surface area contributed by atoms with Crippen LogP contribution in [0.25, 0.3) is 0 Å². The molecule has 3 rings (SSSR count). The van der Waals surface area contributed by atoms with Crippen LogP contribution in [0.3, 0.4) is 0 Å². The normalized spacial score (nSPS) is 15.0. The predicted molar refractivity (Wildman–Crippen MR) is 118 cm³/mol. The summed E-state index contributed by atoms with van der Waals surface area (Å²) in [5.74, 6) is 0.590. The van der Waals surface area contributed by atoms with Gasteiger partial charge < -0.3 is 10.1 Å². The lowest BCUT2D eigenvalue weighted by Crippen LogP contribution is -2.36. The highest BCUT2D eigenvalue weighted by atomic mass is 32.2. The molecule has 7 heteroatoms. The van der Waals surface area contributed by atoms with E-state index in [9.17, 15) is 13.2 Å². The van der Waals surface area contributed by atoms with Crippen LogP contribution in [0, 0.1) is 13.8 Å². The fourth-order valence-electron chi connectivity index (χ4n) is 3.51. The van der Waals surface area contributed by atoms with E-state index in [-0.39, 0.29) is 11.7 Å². The maximum atomic E-state index is 12.5. The molecular weight excluding hydrogens is 400 g/mol. The van der Waals surface area contributed by atoms with Gasteiger partial charge in [0.1, 0.15) is 12.4 Å². The summed E-state index contributed by atoms with van der Waals surface area (Å²) in [5, 5.41) is 2.83. The first-order valence-corrected chi connectivity index (χ1v) is 12.0. The Morgan fingerprint density at radius 1 is 1.03 bits per heavy atom. The lowest BCUT2D eigenvalue weighted by molar-refractivity contribution is 0.0947. The molecule has 0 bridgehead atoms. The number of sulfonamides is 1. The van der Waals surface area contributed by atoms with Gasteiger partial charge in [0.15, 0.2) is 0 Å². The van der Waals surface area contributed by atoms with Crippen LogP contribution in [0.5, 0.6) is 5.75 Å². The van der Waals surface area contributed by atoms with Gasteiger partial charge in [-0.1, -0.05) is 30.7 Å². The lowest BCUT2D eigenvalue weighted by Gasteiger charge is -2.25. The third-order valence-corrected chi connectivity index (χ3v) is 7.32. The Labute approximate surface area is 179 Å². The molecule has 2 aromatic carbocycles. The minimum atomic E-state index is -3.30. The van der Waals surface area contributed by atoms with E-state index < -0.39 is 10.0 Å². The molecule has 162 valence electrons. The zero-order chi connectivity index (χ0) is 21.6. The second-order valence-electron chi connectivity index (χ2n) is 7.72. The van der Waals surface area contributed by atoms with Gasteiger partial charge in [-0.2, -0.15) is 0 Å². The van der Waals surface area contributed by atoms with Crippen LogP contribution in [-0.4, -0.2) is 44.9 Å². The summed E-state index contributed by atoms with van der Waals surface area (Å²) in [6, 6.07) is 12.7. The van der Waals surface area contributed by atoms with Crippen LogP contribution in [0.2, 0.25) is 0 Å². The minimum Gasteiger partial charge on any atom is -0.491 e. The van der Waals surface area contributed by atoms with Crippen molar-refractivity contribution >= 4 is 15.9 Å². The molecule has 0 aromatic heterocycles. The number of aryl methyl sites for hydroxylation is 1. The summed E-state index contributed by atoms with van der Waals surface area (Å²) < 4.78 is 32.4. The van der Waals surface area contributed by atoms with Crippen molar-refractivity contribution in [2.45, 2.75) is 38.9 Å². The molecular formula is C23H30N2O4S. The van der Waals surface area contributed by atoms with Crippen molar-refractivity contribution in [1.82, 2.24) is 9.62 Å². The molecule has 6 nitrogen and oxygen atoms in total. The largest absolute Gasteiger partial charge is 0.491 e. The molecule has 0 spiro atoms. The summed E-state index contributed by atoms with van der Waals surface area (Å²) in [6.07, 6.45) is 2.93. The van der Waals surface area contributed by atoms with Crippen LogP contribution < -0.4 is 10.1 Å². The lowest BCUT2D eigenvalue weighted by atomic mass is 10.1. The highest BCUT2D eigenvalue weighted by molar-refractivity contribution is 7.88. The summed E-state index contributed by atoms with van der Waals surface area (Å²) in [7, 11) is -3.30. The SMILES string of the molecule is Cc1cccc(OCCNC(=O)c2ccc(CS(=O)(=O)N3CCCCC3)cc2)c1C. The number of nitrogens with one attached hydrogen (secondary N) is 1. The predicted octanol–water partition coefficient (Wildman–Crippen LogP) is 3.43. The van der Waals surface area contributed by atoms with Gasteiger partial charge in [-0.25, -0.2) is 12.7 Å². The summed E-state index contributed by atoms with van der Waals surface area (Å²) >= 11 is 0. The molecule has 0 radical (unpaired) electrons. The highest BCUT2D eigenvalue weighted by Gasteiger charge is 2.24. The van der Waals surface area contributed by atoms with Crippen molar-refractivity contribution in [3.05, 3.63) is 64.7 Å². The maximum absolute atomic E-state index is 12.5. The zero-order valence-corrected chi connectivity index (χ0v) is 18.5. The fourth-order valence-corrected chi connectivity index (χ4v) is 5.12. The van der Waals surface area contributed by atoms with E-state index in [1.165, 1.54) is 5.56 Å². The standard InChI is InChI=1S/C23H30N2O4S/c1-18-7-6-8-22(19(18)2)29-16-13-24-23(26)21-11-9-20(10-12-21)17-30(27,28)25-14-4-3-5-15-25/h6-12H,3-5,13-17H2,1-2H3,(H,24,26). The van der Waals surface area contributed by atoms with Crippen molar-refractivity contribution < 1.29 is 17.9 Å². The van der Waals surface area contributed by atoms with Gasteiger partial charge in [0, 0.05) is 18.7 Å². The van der Waals surface area contributed by atoms with Crippen LogP contribution in [0.1, 0.15) is 46.3 Å². The molecule has 1 N–H and O–H groups in total. The van der Waals surface area contributed by atoms with Crippen LogP contribution in [0.15, 0.2) is 42.5 Å². The first-order chi connectivity index (χ1) is 14.4. The van der Waals surface area contributed by atoms with Crippen molar-refractivity contribution in [1.29, 1.82) is 0 Å². The van der Waals surface area contributed by atoms with Crippen molar-refractivity contribution in [3.63, 3.8) is 0 Å². The topological polar surface area (TPSA) is 75.7 Å². The van der Waals surface area contributed by atoms with E-state index in [1.807, 2.05) is 32.0 Å². The second-order valence-corrected chi connectivity index (χ2v) is 9.68. The van der Waals surface area contributed by atoms with Crippen LogP contribution in [0.4, 0.5) is 0 Å². The highest BCUT2D eigenvalue weighted by Crippen LogP contribution is 2.20. The molecule has 0 saturated carbocycles. The van der Waals surface area contributed by atoms with Gasteiger partial charge in [-0.15, -0.1) is 0 Å². The Morgan fingerprint density at radius 2 is 1.73 bits per heavy atom. The smallest absolute Gasteiger partial charge is 0.251 e. The molecule has 0 atom stereocenters. The Balaban J connectivity index is 1.48. The monoisotopic (exact) mass is 430 g/mol. The first kappa shape index (κ1) is 22.3. The molecule has 30 heavy (non-hydrogen) atoms. The van der Waals surface area contributed by atoms with Gasteiger partial charge in [-0.05, 0) is 61.6 Å². The first-order valence-electron chi connectivity index (χ1n) is 10.4. The Morgan fingerprint density at radius 3 is 2.43 bits per heavy atom. The molecule has 1 amide bonds. The third-order valence-electron chi connectivity index (χ3n) is 5.47. The molecule has 1 saturated heterocycles. The van der Waals surface area contributed by atoms with Crippen LogP contribution in [-0.2, 0) is 15.8 Å². The zero-order valence-electron chi connectivity index (χ0n) is 17.7. The Kier molecular flexibility index (Phi) is 7.50. The third kappa shape index (κ3) is 5.83. The van der Waals surface area contributed by atoms with Crippen molar-refractivity contribution in [2.24, 2.45) is 0 Å². The number of carbonyl (C=O) groups is 1. The number of hydrogen-bond donors (Lipinski definition) is 1. The maximum Gasteiger partial charge on any atom is 0.251 e. The molecule has 0 unspecified atom stereocenters. The minimum absolute atomic E-state index is 0.0292. The van der Waals surface area contributed by atoms with E-state index in [0.29, 0.717) is 37.4 Å². The number of ether oxygens (including phenoxy) is 1. The molecule has 2 aromatic rings. The molecule has 1 aliphatic rings. The van der Waals surface area contributed by atoms with E-state index >= 15 is 0 Å². The average molecular weight is 431 g/mol. The van der Waals surface area contributed by atoms with Gasteiger partial charge in [0.05, 0.1) is 12.3 Å². The van der Waals surface area contributed by atoms with Gasteiger partial charge >= 0.3 is 0 Å². The van der Waals surface area contributed by atoms with E-state index in [0.717, 1.165) is 30.6 Å². The molecule has 1 heterocycles. The van der Waals surface area contributed by atoms with E-state index in [2.05, 4.69) is 5.32 Å². The number of nitrogens with zero attached hydrogens (tertiary/aromatic N) is 1. The van der Waals surface area contributed by atoms with E-state index in [4.69, 9.17) is 4.74 Å². The van der Waals surface area contributed by atoms with Crippen molar-refractivity contribution in [3.8, 4) is 5.75 Å². The van der Waals surface area contributed by atoms with Crippen LogP contribution >= 0.6 is 0 Å². The number of amides is 1. The second kappa shape index (κ2) is 10.1. The molecule has 1 fully saturated rings. The van der Waals surface area contributed by atoms with E-state index in [1.54, 1.807) is 28.6 Å². The quantitative estimate of drug-likeness (QED) is 0.651. The average Bonchev–Trinajstić information content (AvgIpc) is 2.75. The van der Waals surface area contributed by atoms with Gasteiger partial charge in [-0.3, -0.25) is 4.79 Å². The van der Waals surface area contributed by atoms with Crippen molar-refractivity contribution in [2.75, 3.05) is 26.2 Å². The number of hydrogen-bond acceptors (Lipinski definition) is 4. The Hall–Kier alpha value is -2.38. The number of benzene rings is 2. The summed E-state index contributed by atoms with van der Waals surface area (Å²) in [4.78, 5) is 12.3. The molecule has 0 aliphatic carbocycles. The molecule has 1 aliphatic heterocycles. The summed E-state index contributed by atoms with van der Waals surface area (Å²) in [6.45, 7) is 6.02. The Bertz CT molecular complexity index is 965. The fraction of sp³-hybridized carbons (Fsp3) is 0.435. The van der Waals surface area contributed by atoms with Gasteiger partial charge in [0.25, 0.3) is 5.91 Å². The number of rotatable bonds is 8. The van der Waals surface area contributed by atoms with Gasteiger partial charge in [0.2, 0.25) is 10.0 Å². The summed E-state index contributed by atoms with van der Waals surface area (Å²) in [5.41, 5.74) is 3.45. The number of piperidine rings is 1.